The normalized spacial score (nSPS) is 23.6. The molecule has 1 aromatic carbocycles. The van der Waals surface area contributed by atoms with Crippen LogP contribution in [0.4, 0.5) is 5.69 Å². The average molecular weight is 364 g/mol. The lowest BCUT2D eigenvalue weighted by molar-refractivity contribution is -0.0547. The van der Waals surface area contributed by atoms with Crippen molar-refractivity contribution in [1.82, 2.24) is 24.7 Å². The van der Waals surface area contributed by atoms with Gasteiger partial charge in [-0.05, 0) is 25.0 Å². The molecule has 0 N–H and O–H groups in total. The minimum Gasteiger partial charge on any atom is -0.378 e. The molecule has 3 aromatic rings. The number of fused-ring (bicyclic) bond motifs is 2. The van der Waals surface area contributed by atoms with Gasteiger partial charge in [-0.25, -0.2) is 0 Å². The predicted octanol–water partition coefficient (Wildman–Crippen LogP) is 2.00. The van der Waals surface area contributed by atoms with Crippen molar-refractivity contribution in [3.05, 3.63) is 53.5 Å². The average Bonchev–Trinajstić information content (AvgIpc) is 3.16. The Hall–Kier alpha value is -2.51. The summed E-state index contributed by atoms with van der Waals surface area (Å²) >= 11 is 0. The molecule has 2 aromatic heterocycles. The van der Waals surface area contributed by atoms with Crippen molar-refractivity contribution in [3.63, 3.8) is 0 Å². The van der Waals surface area contributed by atoms with Crippen molar-refractivity contribution >= 4 is 11.3 Å². The van der Waals surface area contributed by atoms with Gasteiger partial charge >= 0.3 is 0 Å². The minimum atomic E-state index is 0.334. The number of piperazine rings is 1. The quantitative estimate of drug-likeness (QED) is 0.693. The van der Waals surface area contributed by atoms with Gasteiger partial charge in [-0.1, -0.05) is 30.3 Å². The summed E-state index contributed by atoms with van der Waals surface area (Å²) in [4.78, 5) is 5.05. The van der Waals surface area contributed by atoms with E-state index in [4.69, 9.17) is 4.74 Å². The van der Waals surface area contributed by atoms with E-state index in [1.165, 1.54) is 11.1 Å². The number of hydrogen-bond donors (Lipinski definition) is 0. The van der Waals surface area contributed by atoms with E-state index >= 15 is 0 Å². The van der Waals surface area contributed by atoms with Crippen LogP contribution in [0.2, 0.25) is 0 Å². The van der Waals surface area contributed by atoms with Crippen LogP contribution in [-0.2, 0) is 4.74 Å². The Morgan fingerprint density at radius 1 is 1.07 bits per heavy atom. The summed E-state index contributed by atoms with van der Waals surface area (Å²) in [6.07, 6.45) is 1.68. The molecular formula is C20H24N6O. The molecule has 140 valence electrons. The Morgan fingerprint density at radius 2 is 1.93 bits per heavy atom. The first-order valence-corrected chi connectivity index (χ1v) is 9.53. The Balaban J connectivity index is 1.45. The van der Waals surface area contributed by atoms with Crippen LogP contribution in [0, 0.1) is 13.8 Å². The molecule has 0 bridgehead atoms. The van der Waals surface area contributed by atoms with E-state index < -0.39 is 0 Å². The fraction of sp³-hybridized carbons (Fsp3) is 0.450. The van der Waals surface area contributed by atoms with Crippen LogP contribution < -0.4 is 4.90 Å². The molecule has 2 fully saturated rings. The number of rotatable bonds is 2. The number of hydrogen-bond acceptors (Lipinski definition) is 6. The Kier molecular flexibility index (Phi) is 4.06. The maximum Gasteiger partial charge on any atom is 0.201 e. The molecule has 2 aliphatic rings. The van der Waals surface area contributed by atoms with E-state index in [9.17, 15) is 0 Å². The van der Waals surface area contributed by atoms with Gasteiger partial charge in [-0.3, -0.25) is 4.90 Å². The summed E-state index contributed by atoms with van der Waals surface area (Å²) in [5.41, 5.74) is 5.53. The third-order valence-corrected chi connectivity index (χ3v) is 5.91. The van der Waals surface area contributed by atoms with E-state index in [0.29, 0.717) is 12.1 Å². The Morgan fingerprint density at radius 3 is 2.78 bits per heavy atom. The van der Waals surface area contributed by atoms with Crippen molar-refractivity contribution in [2.75, 3.05) is 37.7 Å². The van der Waals surface area contributed by atoms with Gasteiger partial charge in [0.2, 0.25) is 5.65 Å². The molecule has 4 heterocycles. The van der Waals surface area contributed by atoms with Gasteiger partial charge in [-0.2, -0.15) is 9.61 Å². The Bertz CT molecular complexity index is 956. The molecule has 0 aliphatic carbocycles. The number of aryl methyl sites for hydroxylation is 1. The third-order valence-electron chi connectivity index (χ3n) is 5.91. The summed E-state index contributed by atoms with van der Waals surface area (Å²) < 4.78 is 7.79. The largest absolute Gasteiger partial charge is 0.378 e. The molecule has 0 amide bonds. The topological polar surface area (TPSA) is 58.8 Å². The van der Waals surface area contributed by atoms with Crippen LogP contribution in [0.3, 0.4) is 0 Å². The smallest absolute Gasteiger partial charge is 0.201 e. The van der Waals surface area contributed by atoms with Gasteiger partial charge in [0.1, 0.15) is 6.33 Å². The van der Waals surface area contributed by atoms with Crippen molar-refractivity contribution in [1.29, 1.82) is 0 Å². The fourth-order valence-corrected chi connectivity index (χ4v) is 4.42. The van der Waals surface area contributed by atoms with E-state index in [2.05, 4.69) is 62.4 Å². The highest BCUT2D eigenvalue weighted by Crippen LogP contribution is 2.33. The number of morpholine rings is 1. The van der Waals surface area contributed by atoms with Gasteiger partial charge in [0.05, 0.1) is 36.7 Å². The zero-order chi connectivity index (χ0) is 18.4. The maximum absolute atomic E-state index is 6.00. The van der Waals surface area contributed by atoms with Gasteiger partial charge in [0.15, 0.2) is 0 Å². The van der Waals surface area contributed by atoms with E-state index in [1.54, 1.807) is 10.8 Å². The molecule has 2 aliphatic heterocycles. The van der Waals surface area contributed by atoms with Gasteiger partial charge in [0.25, 0.3) is 0 Å². The van der Waals surface area contributed by atoms with Gasteiger partial charge < -0.3 is 9.64 Å². The summed E-state index contributed by atoms with van der Waals surface area (Å²) in [6.45, 7) is 8.61. The van der Waals surface area contributed by atoms with E-state index in [0.717, 1.165) is 49.9 Å². The standard InChI is InChI=1S/C20H24N6O/c1-14-15(2)23-26-13-21-22-20(26)19(14)24-8-9-25-17(10-24)11-27-12-18(25)16-6-4-3-5-7-16/h3-7,13,17-18H,8-12H2,1-2H3/t17-,18-/m1/s1. The first-order chi connectivity index (χ1) is 13.2. The second-order valence-electron chi connectivity index (χ2n) is 7.46. The zero-order valence-electron chi connectivity index (χ0n) is 15.7. The monoisotopic (exact) mass is 364 g/mol. The molecule has 0 saturated carbocycles. The number of benzene rings is 1. The minimum absolute atomic E-state index is 0.334. The maximum atomic E-state index is 6.00. The third kappa shape index (κ3) is 2.78. The lowest BCUT2D eigenvalue weighted by atomic mass is 9.99. The number of anilines is 1. The van der Waals surface area contributed by atoms with Crippen molar-refractivity contribution in [2.45, 2.75) is 25.9 Å². The number of nitrogens with zero attached hydrogens (tertiary/aromatic N) is 6. The zero-order valence-corrected chi connectivity index (χ0v) is 15.7. The highest BCUT2D eigenvalue weighted by Gasteiger charge is 2.37. The summed E-state index contributed by atoms with van der Waals surface area (Å²) in [7, 11) is 0. The van der Waals surface area contributed by atoms with Crippen LogP contribution in [0.25, 0.3) is 5.65 Å². The van der Waals surface area contributed by atoms with Crippen LogP contribution in [0.15, 0.2) is 36.7 Å². The van der Waals surface area contributed by atoms with Crippen LogP contribution >= 0.6 is 0 Å². The van der Waals surface area contributed by atoms with E-state index in [1.807, 2.05) is 6.92 Å². The predicted molar refractivity (Wildman–Crippen MR) is 103 cm³/mol. The lowest BCUT2D eigenvalue weighted by Gasteiger charge is -2.48. The Labute approximate surface area is 158 Å². The molecule has 0 spiro atoms. The van der Waals surface area contributed by atoms with Crippen LogP contribution in [-0.4, -0.2) is 63.6 Å². The molecule has 2 saturated heterocycles. The molecule has 7 nitrogen and oxygen atoms in total. The number of aromatic nitrogens is 4. The van der Waals surface area contributed by atoms with E-state index in [-0.39, 0.29) is 0 Å². The molecule has 7 heteroatoms. The first kappa shape index (κ1) is 16.6. The first-order valence-electron chi connectivity index (χ1n) is 9.53. The van der Waals surface area contributed by atoms with Crippen molar-refractivity contribution in [2.24, 2.45) is 0 Å². The second-order valence-corrected chi connectivity index (χ2v) is 7.46. The summed E-state index contributed by atoms with van der Waals surface area (Å²) in [6, 6.07) is 11.4. The number of ether oxygens (including phenoxy) is 1. The molecule has 5 rings (SSSR count). The highest BCUT2D eigenvalue weighted by molar-refractivity contribution is 5.72. The van der Waals surface area contributed by atoms with Crippen LogP contribution in [0.1, 0.15) is 22.9 Å². The van der Waals surface area contributed by atoms with Crippen molar-refractivity contribution < 1.29 is 4.74 Å². The lowest BCUT2D eigenvalue weighted by Crippen LogP contribution is -2.59. The fourth-order valence-electron chi connectivity index (χ4n) is 4.42. The summed E-state index contributed by atoms with van der Waals surface area (Å²) in [5.74, 6) is 0. The molecule has 27 heavy (non-hydrogen) atoms. The van der Waals surface area contributed by atoms with Gasteiger partial charge in [0, 0.05) is 19.6 Å². The van der Waals surface area contributed by atoms with Crippen molar-refractivity contribution in [3.8, 4) is 0 Å². The molecule has 2 atom stereocenters. The SMILES string of the molecule is Cc1nn2cnnc2c(N2CCN3[C@@H](COC[C@@H]3c3ccccc3)C2)c1C. The molecule has 0 radical (unpaired) electrons. The van der Waals surface area contributed by atoms with Gasteiger partial charge in [-0.15, -0.1) is 10.2 Å². The molecular weight excluding hydrogens is 340 g/mol. The molecule has 0 unspecified atom stereocenters. The second kappa shape index (κ2) is 6.58. The van der Waals surface area contributed by atoms with Crippen LogP contribution in [0.5, 0.6) is 0 Å². The summed E-state index contributed by atoms with van der Waals surface area (Å²) in [5, 5.41) is 12.9. The highest BCUT2D eigenvalue weighted by atomic mass is 16.5.